The van der Waals surface area contributed by atoms with Gasteiger partial charge in [-0.3, -0.25) is 4.79 Å². The van der Waals surface area contributed by atoms with E-state index < -0.39 is 9.84 Å². The van der Waals surface area contributed by atoms with Crippen molar-refractivity contribution in [2.75, 3.05) is 16.8 Å². The summed E-state index contributed by atoms with van der Waals surface area (Å²) in [5.74, 6) is -0.0836. The molecule has 4 aromatic rings. The maximum Gasteiger partial charge on any atom is 0.256 e. The van der Waals surface area contributed by atoms with E-state index in [1.54, 1.807) is 4.68 Å². The third-order valence-corrected chi connectivity index (χ3v) is 8.81. The van der Waals surface area contributed by atoms with Gasteiger partial charge in [-0.1, -0.05) is 37.3 Å². The van der Waals surface area contributed by atoms with Crippen molar-refractivity contribution in [3.63, 3.8) is 0 Å². The van der Waals surface area contributed by atoms with E-state index in [2.05, 4.69) is 29.5 Å². The fourth-order valence-electron chi connectivity index (χ4n) is 4.79. The molecule has 1 unspecified atom stereocenters. The van der Waals surface area contributed by atoms with E-state index in [1.807, 2.05) is 57.2 Å². The van der Waals surface area contributed by atoms with Crippen LogP contribution in [0.5, 0.6) is 0 Å². The molecule has 36 heavy (non-hydrogen) atoms. The number of carbonyl (C=O) groups is 1. The zero-order valence-corrected chi connectivity index (χ0v) is 21.8. The molecule has 1 amide bonds. The lowest BCUT2D eigenvalue weighted by Gasteiger charge is -2.13. The van der Waals surface area contributed by atoms with Gasteiger partial charge in [0.1, 0.15) is 0 Å². The summed E-state index contributed by atoms with van der Waals surface area (Å²) in [7, 11) is -3.12. The van der Waals surface area contributed by atoms with Gasteiger partial charge in [-0.05, 0) is 68.5 Å². The lowest BCUT2D eigenvalue weighted by atomic mass is 10.0. The molecule has 1 aliphatic heterocycles. The second-order valence-corrected chi connectivity index (χ2v) is 11.9. The van der Waals surface area contributed by atoms with Crippen LogP contribution in [0, 0.1) is 20.8 Å². The Hall–Kier alpha value is -3.52. The van der Waals surface area contributed by atoms with Crippen molar-refractivity contribution in [2.24, 2.45) is 0 Å². The minimum atomic E-state index is -3.12. The van der Waals surface area contributed by atoms with Gasteiger partial charge in [-0.15, -0.1) is 0 Å². The molecule has 0 saturated carbocycles. The van der Waals surface area contributed by atoms with Crippen molar-refractivity contribution in [2.45, 2.75) is 46.6 Å². The molecule has 2 aromatic heterocycles. The summed E-state index contributed by atoms with van der Waals surface area (Å²) in [6.45, 7) is 7.99. The number of sulfone groups is 1. The van der Waals surface area contributed by atoms with E-state index in [1.165, 1.54) is 5.56 Å². The number of aromatic nitrogens is 3. The molecule has 0 radical (unpaired) electrons. The van der Waals surface area contributed by atoms with E-state index >= 15 is 0 Å². The van der Waals surface area contributed by atoms with Crippen molar-refractivity contribution in [3.8, 4) is 11.3 Å². The highest BCUT2D eigenvalue weighted by Gasteiger charge is 2.32. The first-order chi connectivity index (χ1) is 17.1. The number of carbonyl (C=O) groups excluding carboxylic acids is 1. The Morgan fingerprint density at radius 2 is 1.81 bits per heavy atom. The monoisotopic (exact) mass is 502 g/mol. The van der Waals surface area contributed by atoms with Crippen molar-refractivity contribution in [1.82, 2.24) is 14.8 Å². The van der Waals surface area contributed by atoms with Gasteiger partial charge in [-0.25, -0.2) is 18.1 Å². The minimum Gasteiger partial charge on any atom is -0.322 e. The average Bonchev–Trinajstić information content (AvgIpc) is 3.39. The summed E-state index contributed by atoms with van der Waals surface area (Å²) < 4.78 is 26.1. The van der Waals surface area contributed by atoms with Crippen molar-refractivity contribution < 1.29 is 13.2 Å². The molecule has 186 valence electrons. The number of nitrogens with one attached hydrogen (secondary N) is 1. The van der Waals surface area contributed by atoms with E-state index in [0.717, 1.165) is 23.1 Å². The Morgan fingerprint density at radius 1 is 1.06 bits per heavy atom. The van der Waals surface area contributed by atoms with Crippen LogP contribution in [0.1, 0.15) is 52.1 Å². The second-order valence-electron chi connectivity index (χ2n) is 9.64. The van der Waals surface area contributed by atoms with Crippen LogP contribution in [0.15, 0.2) is 48.5 Å². The molecule has 1 aliphatic rings. The number of hydrogen-bond acceptors (Lipinski definition) is 5. The fraction of sp³-hybridized carbons (Fsp3) is 0.321. The van der Waals surface area contributed by atoms with E-state index in [4.69, 9.17) is 4.98 Å². The first-order valence-electron chi connectivity index (χ1n) is 12.2. The number of amides is 1. The van der Waals surface area contributed by atoms with E-state index in [9.17, 15) is 13.2 Å². The minimum absolute atomic E-state index is 0.0322. The van der Waals surface area contributed by atoms with Gasteiger partial charge in [0.05, 0.1) is 39.9 Å². The molecule has 1 fully saturated rings. The summed E-state index contributed by atoms with van der Waals surface area (Å²) in [5.41, 5.74) is 7.38. The smallest absolute Gasteiger partial charge is 0.256 e. The maximum absolute atomic E-state index is 13.6. The molecule has 0 aliphatic carbocycles. The van der Waals surface area contributed by atoms with Crippen LogP contribution in [0.25, 0.3) is 22.3 Å². The van der Waals surface area contributed by atoms with Crippen LogP contribution >= 0.6 is 0 Å². The standard InChI is InChI=1S/C28H30N4O3S/c1-5-20-7-9-21(10-8-20)25-15-24(28(33)29-22-11-6-17(2)18(3)14-22)26-19(4)31-32(27(26)30-25)23-12-13-36(34,35)16-23/h6-11,14-15,23H,5,12-13,16H2,1-4H3,(H,29,33). The number of fused-ring (bicyclic) bond motifs is 1. The second kappa shape index (κ2) is 9.17. The first kappa shape index (κ1) is 24.2. The van der Waals surface area contributed by atoms with Gasteiger partial charge in [0.2, 0.25) is 0 Å². The van der Waals surface area contributed by atoms with Gasteiger partial charge in [-0.2, -0.15) is 5.10 Å². The van der Waals surface area contributed by atoms with Crippen LogP contribution in [0.3, 0.4) is 0 Å². The van der Waals surface area contributed by atoms with E-state index in [0.29, 0.717) is 40.1 Å². The first-order valence-corrected chi connectivity index (χ1v) is 14.1. The van der Waals surface area contributed by atoms with Gasteiger partial charge < -0.3 is 5.32 Å². The molecule has 7 nitrogen and oxygen atoms in total. The van der Waals surface area contributed by atoms with Gasteiger partial charge in [0.25, 0.3) is 5.91 Å². The molecule has 3 heterocycles. The Bertz CT molecular complexity index is 1590. The van der Waals surface area contributed by atoms with Crippen molar-refractivity contribution in [1.29, 1.82) is 0 Å². The average molecular weight is 503 g/mol. The zero-order chi connectivity index (χ0) is 25.6. The third-order valence-electron chi connectivity index (χ3n) is 7.06. The lowest BCUT2D eigenvalue weighted by molar-refractivity contribution is 0.102. The fourth-order valence-corrected chi connectivity index (χ4v) is 6.48. The molecule has 0 spiro atoms. The number of nitrogens with zero attached hydrogens (tertiary/aromatic N) is 3. The lowest BCUT2D eigenvalue weighted by Crippen LogP contribution is -2.15. The Labute approximate surface area is 211 Å². The molecule has 1 saturated heterocycles. The summed E-state index contributed by atoms with van der Waals surface area (Å²) in [6, 6.07) is 15.5. The van der Waals surface area contributed by atoms with Crippen LogP contribution < -0.4 is 5.32 Å². The number of aryl methyl sites for hydroxylation is 4. The van der Waals surface area contributed by atoms with Crippen LogP contribution in [0.4, 0.5) is 5.69 Å². The molecular weight excluding hydrogens is 472 g/mol. The van der Waals surface area contributed by atoms with E-state index in [-0.39, 0.29) is 23.5 Å². The topological polar surface area (TPSA) is 94.0 Å². The molecule has 1 N–H and O–H groups in total. The Kier molecular flexibility index (Phi) is 6.16. The molecule has 2 aromatic carbocycles. The predicted octanol–water partition coefficient (Wildman–Crippen LogP) is 5.20. The van der Waals surface area contributed by atoms with Gasteiger partial charge in [0.15, 0.2) is 15.5 Å². The van der Waals surface area contributed by atoms with Gasteiger partial charge in [0, 0.05) is 11.3 Å². The highest BCUT2D eigenvalue weighted by atomic mass is 32.2. The Morgan fingerprint density at radius 3 is 2.44 bits per heavy atom. The number of pyridine rings is 1. The molecule has 1 atom stereocenters. The van der Waals surface area contributed by atoms with Crippen molar-refractivity contribution >= 4 is 32.5 Å². The largest absolute Gasteiger partial charge is 0.322 e. The highest BCUT2D eigenvalue weighted by molar-refractivity contribution is 7.91. The number of rotatable bonds is 5. The molecule has 8 heteroatoms. The van der Waals surface area contributed by atoms with Gasteiger partial charge >= 0.3 is 0 Å². The molecular formula is C28H30N4O3S. The maximum atomic E-state index is 13.6. The van der Waals surface area contributed by atoms with Crippen LogP contribution in [-0.4, -0.2) is 40.6 Å². The summed E-state index contributed by atoms with van der Waals surface area (Å²) in [5, 5.41) is 8.37. The summed E-state index contributed by atoms with van der Waals surface area (Å²) in [4.78, 5) is 18.5. The number of hydrogen-bond donors (Lipinski definition) is 1. The SMILES string of the molecule is CCc1ccc(-c2cc(C(=O)Nc3ccc(C)c(C)c3)c3c(C)nn(C4CCS(=O)(=O)C4)c3n2)cc1. The van der Waals surface area contributed by atoms with Crippen LogP contribution in [-0.2, 0) is 16.3 Å². The molecule has 5 rings (SSSR count). The summed E-state index contributed by atoms with van der Waals surface area (Å²) in [6.07, 6.45) is 1.41. The Balaban J connectivity index is 1.66. The number of benzene rings is 2. The normalized spacial score (nSPS) is 16.9. The third kappa shape index (κ3) is 4.53. The number of anilines is 1. The van der Waals surface area contributed by atoms with Crippen LogP contribution in [0.2, 0.25) is 0 Å². The predicted molar refractivity (Wildman–Crippen MR) is 143 cm³/mol. The highest BCUT2D eigenvalue weighted by Crippen LogP contribution is 2.32. The summed E-state index contributed by atoms with van der Waals surface area (Å²) >= 11 is 0. The quantitative estimate of drug-likeness (QED) is 0.405. The zero-order valence-electron chi connectivity index (χ0n) is 21.0. The van der Waals surface area contributed by atoms with Crippen molar-refractivity contribution in [3.05, 3.63) is 76.5 Å². The molecule has 0 bridgehead atoms.